The van der Waals surface area contributed by atoms with Crippen LogP contribution in [0.3, 0.4) is 0 Å². The molecule has 4 aromatic rings. The summed E-state index contributed by atoms with van der Waals surface area (Å²) in [6.07, 6.45) is 3.25. The van der Waals surface area contributed by atoms with Crippen LogP contribution in [-0.4, -0.2) is 18.0 Å². The van der Waals surface area contributed by atoms with Crippen molar-refractivity contribution < 1.29 is 9.53 Å². The number of carbonyl (C=O) groups excluding carboxylic acids is 1. The lowest BCUT2D eigenvalue weighted by molar-refractivity contribution is -0.111. The Hall–Kier alpha value is -3.70. The van der Waals surface area contributed by atoms with E-state index >= 15 is 0 Å². The number of aromatic nitrogens is 1. The van der Waals surface area contributed by atoms with E-state index in [0.29, 0.717) is 5.13 Å². The largest absolute Gasteiger partial charge is 0.497 e. The van der Waals surface area contributed by atoms with Gasteiger partial charge in [0.05, 0.1) is 17.7 Å². The van der Waals surface area contributed by atoms with Crippen LogP contribution < -0.4 is 10.1 Å². The highest BCUT2D eigenvalue weighted by Gasteiger charge is 2.15. The molecule has 0 saturated carbocycles. The van der Waals surface area contributed by atoms with Crippen molar-refractivity contribution in [1.29, 1.82) is 0 Å². The van der Waals surface area contributed by atoms with Gasteiger partial charge in [-0.05, 0) is 29.3 Å². The lowest BCUT2D eigenvalue weighted by Gasteiger charge is -2.02. The maximum Gasteiger partial charge on any atom is 0.250 e. The quantitative estimate of drug-likeness (QED) is 0.387. The van der Waals surface area contributed by atoms with Crippen molar-refractivity contribution in [2.75, 3.05) is 12.4 Å². The van der Waals surface area contributed by atoms with Crippen molar-refractivity contribution in [3.8, 4) is 27.4 Å². The van der Waals surface area contributed by atoms with Gasteiger partial charge in [-0.15, -0.1) is 0 Å². The first kappa shape index (κ1) is 19.6. The summed E-state index contributed by atoms with van der Waals surface area (Å²) in [5.74, 6) is 0.517. The van der Waals surface area contributed by atoms with E-state index < -0.39 is 0 Å². The first-order chi connectivity index (χ1) is 14.7. The van der Waals surface area contributed by atoms with Crippen molar-refractivity contribution in [2.45, 2.75) is 0 Å². The molecular weight excluding hydrogens is 392 g/mol. The molecule has 0 aliphatic carbocycles. The van der Waals surface area contributed by atoms with Crippen molar-refractivity contribution >= 4 is 28.5 Å². The third kappa shape index (κ3) is 4.64. The Balaban J connectivity index is 1.59. The summed E-state index contributed by atoms with van der Waals surface area (Å²) in [5, 5.41) is 3.45. The zero-order valence-corrected chi connectivity index (χ0v) is 17.2. The predicted octanol–water partition coefficient (Wildman–Crippen LogP) is 6.14. The zero-order chi connectivity index (χ0) is 20.8. The van der Waals surface area contributed by atoms with Crippen LogP contribution in [0.1, 0.15) is 5.56 Å². The first-order valence-electron chi connectivity index (χ1n) is 9.48. The summed E-state index contributed by atoms with van der Waals surface area (Å²) in [6.45, 7) is 0. The molecule has 30 heavy (non-hydrogen) atoms. The summed E-state index contributed by atoms with van der Waals surface area (Å²) in [5.41, 5.74) is 3.83. The monoisotopic (exact) mass is 412 g/mol. The highest BCUT2D eigenvalue weighted by molar-refractivity contribution is 7.19. The minimum Gasteiger partial charge on any atom is -0.497 e. The van der Waals surface area contributed by atoms with E-state index in [0.717, 1.165) is 33.0 Å². The van der Waals surface area contributed by atoms with E-state index in [2.05, 4.69) is 5.32 Å². The number of anilines is 1. The maximum atomic E-state index is 12.5. The second kappa shape index (κ2) is 9.20. The number of nitrogens with one attached hydrogen (secondary N) is 1. The Bertz CT molecular complexity index is 1110. The third-order valence-electron chi connectivity index (χ3n) is 4.46. The van der Waals surface area contributed by atoms with Gasteiger partial charge in [0.1, 0.15) is 5.75 Å². The molecule has 1 N–H and O–H groups in total. The molecule has 3 aromatic carbocycles. The molecule has 0 fully saturated rings. The number of rotatable bonds is 6. The zero-order valence-electron chi connectivity index (χ0n) is 16.4. The standard InChI is InChI=1S/C25H20N2O2S/c1-29-21-14-8-9-18(17-21)15-16-22(28)26-25-27-23(19-10-4-2-5-11-19)24(30-25)20-12-6-3-7-13-20/h2-17H,1H3,(H,26,27,28)/b16-15+. The Labute approximate surface area is 179 Å². The summed E-state index contributed by atoms with van der Waals surface area (Å²) in [4.78, 5) is 18.2. The minimum atomic E-state index is -0.231. The van der Waals surface area contributed by atoms with Gasteiger partial charge in [-0.1, -0.05) is 84.1 Å². The topological polar surface area (TPSA) is 51.2 Å². The molecule has 1 aromatic heterocycles. The van der Waals surface area contributed by atoms with E-state index in [1.54, 1.807) is 13.2 Å². The molecule has 0 radical (unpaired) electrons. The fraction of sp³-hybridized carbons (Fsp3) is 0.0400. The SMILES string of the molecule is COc1cccc(/C=C/C(=O)Nc2nc(-c3ccccc3)c(-c3ccccc3)s2)c1. The molecule has 5 heteroatoms. The summed E-state index contributed by atoms with van der Waals surface area (Å²) in [6, 6.07) is 27.6. The number of hydrogen-bond donors (Lipinski definition) is 1. The van der Waals surface area contributed by atoms with E-state index in [1.165, 1.54) is 17.4 Å². The van der Waals surface area contributed by atoms with Crippen LogP contribution in [0, 0.1) is 0 Å². The van der Waals surface area contributed by atoms with Gasteiger partial charge in [0.25, 0.3) is 0 Å². The molecule has 0 aliphatic rings. The molecule has 1 heterocycles. The fourth-order valence-corrected chi connectivity index (χ4v) is 4.01. The van der Waals surface area contributed by atoms with Crippen molar-refractivity contribution in [2.24, 2.45) is 0 Å². The Kier molecular flexibility index (Phi) is 6.01. The highest BCUT2D eigenvalue weighted by Crippen LogP contribution is 2.38. The van der Waals surface area contributed by atoms with Crippen molar-refractivity contribution in [3.05, 3.63) is 96.6 Å². The number of ether oxygens (including phenoxy) is 1. The second-order valence-corrected chi connectivity index (χ2v) is 7.53. The lowest BCUT2D eigenvalue weighted by atomic mass is 10.1. The average Bonchev–Trinajstić information content (AvgIpc) is 3.23. The minimum absolute atomic E-state index is 0.231. The van der Waals surface area contributed by atoms with Crippen LogP contribution in [0.25, 0.3) is 27.8 Å². The number of hydrogen-bond acceptors (Lipinski definition) is 4. The smallest absolute Gasteiger partial charge is 0.250 e. The lowest BCUT2D eigenvalue weighted by Crippen LogP contribution is -2.07. The van der Waals surface area contributed by atoms with Gasteiger partial charge in [0.15, 0.2) is 5.13 Å². The van der Waals surface area contributed by atoms with E-state index in [9.17, 15) is 4.79 Å². The number of amides is 1. The van der Waals surface area contributed by atoms with Crippen LogP contribution in [-0.2, 0) is 4.79 Å². The molecule has 0 unspecified atom stereocenters. The summed E-state index contributed by atoms with van der Waals surface area (Å²) < 4.78 is 5.21. The molecule has 0 spiro atoms. The second-order valence-electron chi connectivity index (χ2n) is 6.53. The third-order valence-corrected chi connectivity index (χ3v) is 5.48. The Morgan fingerprint density at radius 1 is 0.933 bits per heavy atom. The van der Waals surface area contributed by atoms with Gasteiger partial charge in [0, 0.05) is 11.6 Å². The van der Waals surface area contributed by atoms with Crippen molar-refractivity contribution in [1.82, 2.24) is 4.98 Å². The van der Waals surface area contributed by atoms with Crippen LogP contribution in [0.4, 0.5) is 5.13 Å². The number of carbonyl (C=O) groups is 1. The molecular formula is C25H20N2O2S. The normalized spacial score (nSPS) is 10.8. The van der Waals surface area contributed by atoms with Gasteiger partial charge in [-0.25, -0.2) is 4.98 Å². The summed E-state index contributed by atoms with van der Waals surface area (Å²) in [7, 11) is 1.62. The number of nitrogens with zero attached hydrogens (tertiary/aromatic N) is 1. The summed E-state index contributed by atoms with van der Waals surface area (Å²) >= 11 is 1.47. The van der Waals surface area contributed by atoms with E-state index in [4.69, 9.17) is 9.72 Å². The Morgan fingerprint density at radius 2 is 1.63 bits per heavy atom. The number of thiazole rings is 1. The molecule has 148 valence electrons. The number of benzene rings is 3. The molecule has 4 nitrogen and oxygen atoms in total. The molecule has 1 amide bonds. The molecule has 0 aliphatic heterocycles. The van der Waals surface area contributed by atoms with Crippen LogP contribution in [0.2, 0.25) is 0 Å². The Morgan fingerprint density at radius 3 is 2.33 bits per heavy atom. The fourth-order valence-electron chi connectivity index (χ4n) is 3.01. The highest BCUT2D eigenvalue weighted by atomic mass is 32.1. The predicted molar refractivity (Wildman–Crippen MR) is 124 cm³/mol. The van der Waals surface area contributed by atoms with E-state index in [1.807, 2.05) is 84.9 Å². The average molecular weight is 413 g/mol. The van der Waals surface area contributed by atoms with Gasteiger partial charge in [0.2, 0.25) is 5.91 Å². The van der Waals surface area contributed by atoms with Crippen LogP contribution in [0.5, 0.6) is 5.75 Å². The van der Waals surface area contributed by atoms with Gasteiger partial charge >= 0.3 is 0 Å². The van der Waals surface area contributed by atoms with Gasteiger partial charge in [-0.3, -0.25) is 10.1 Å². The van der Waals surface area contributed by atoms with Crippen LogP contribution >= 0.6 is 11.3 Å². The molecule has 4 rings (SSSR count). The molecule has 0 bridgehead atoms. The van der Waals surface area contributed by atoms with Gasteiger partial charge in [-0.2, -0.15) is 0 Å². The number of methoxy groups -OCH3 is 1. The first-order valence-corrected chi connectivity index (χ1v) is 10.3. The van der Waals surface area contributed by atoms with Gasteiger partial charge < -0.3 is 4.74 Å². The molecule has 0 atom stereocenters. The van der Waals surface area contributed by atoms with Crippen LogP contribution in [0.15, 0.2) is 91.0 Å². The van der Waals surface area contributed by atoms with E-state index in [-0.39, 0.29) is 5.91 Å². The maximum absolute atomic E-state index is 12.5. The van der Waals surface area contributed by atoms with Crippen molar-refractivity contribution in [3.63, 3.8) is 0 Å². The molecule has 0 saturated heterocycles.